The van der Waals surface area contributed by atoms with Crippen molar-refractivity contribution in [3.63, 3.8) is 0 Å². The van der Waals surface area contributed by atoms with Gasteiger partial charge in [0.25, 0.3) is 5.91 Å². The highest BCUT2D eigenvalue weighted by atomic mass is 19.1. The van der Waals surface area contributed by atoms with Crippen molar-refractivity contribution in [2.75, 3.05) is 18.0 Å². The monoisotopic (exact) mass is 450 g/mol. The van der Waals surface area contributed by atoms with E-state index in [1.165, 1.54) is 10.6 Å². The van der Waals surface area contributed by atoms with Gasteiger partial charge in [0, 0.05) is 37.7 Å². The van der Waals surface area contributed by atoms with Crippen LogP contribution in [0.4, 0.5) is 14.6 Å². The molecule has 2 atom stereocenters. The van der Waals surface area contributed by atoms with Crippen molar-refractivity contribution < 1.29 is 18.3 Å². The van der Waals surface area contributed by atoms with E-state index in [1.54, 1.807) is 29.3 Å². The zero-order valence-corrected chi connectivity index (χ0v) is 17.6. The Kier molecular flexibility index (Phi) is 4.39. The van der Waals surface area contributed by atoms with Gasteiger partial charge in [-0.3, -0.25) is 4.79 Å². The summed E-state index contributed by atoms with van der Waals surface area (Å²) in [5.41, 5.74) is -0.454. The van der Waals surface area contributed by atoms with Crippen molar-refractivity contribution >= 4 is 17.4 Å². The normalized spacial score (nSPS) is 24.0. The van der Waals surface area contributed by atoms with Gasteiger partial charge in [-0.25, -0.2) is 13.8 Å². The summed E-state index contributed by atoms with van der Waals surface area (Å²) in [7, 11) is 0. The summed E-state index contributed by atoms with van der Waals surface area (Å²) < 4.78 is 36.5. The summed E-state index contributed by atoms with van der Waals surface area (Å²) >= 11 is 0. The second-order valence-corrected chi connectivity index (χ2v) is 8.71. The fourth-order valence-electron chi connectivity index (χ4n) is 5.43. The molecule has 0 unspecified atom stereocenters. The van der Waals surface area contributed by atoms with E-state index in [0.29, 0.717) is 50.2 Å². The van der Waals surface area contributed by atoms with E-state index in [4.69, 9.17) is 4.74 Å². The number of amides is 1. The predicted octanol–water partition coefficient (Wildman–Crippen LogP) is 2.94. The summed E-state index contributed by atoms with van der Waals surface area (Å²) in [6.45, 7) is 1.05. The molecule has 1 amide bonds. The average Bonchev–Trinajstić information content (AvgIpc) is 3.49. The van der Waals surface area contributed by atoms with Crippen molar-refractivity contribution in [1.82, 2.24) is 19.5 Å². The third kappa shape index (κ3) is 2.85. The molecule has 0 radical (unpaired) electrons. The Morgan fingerprint density at radius 1 is 1.18 bits per heavy atom. The molecule has 5 heterocycles. The number of benzene rings is 1. The SMILES string of the molecule is N#Cc1cccc([C@@H]2CC[C@H]3OC4(CCN(c5ccnc6c(F)cnn56)CC4)C(=O)N32)c1F. The van der Waals surface area contributed by atoms with Gasteiger partial charge in [-0.05, 0) is 25.0 Å². The largest absolute Gasteiger partial charge is 0.356 e. The third-order valence-electron chi connectivity index (χ3n) is 7.06. The molecular formula is C23H20F2N6O2. The highest BCUT2D eigenvalue weighted by molar-refractivity contribution is 5.88. The highest BCUT2D eigenvalue weighted by Crippen LogP contribution is 2.48. The zero-order valence-electron chi connectivity index (χ0n) is 17.6. The van der Waals surface area contributed by atoms with Crippen LogP contribution in [-0.4, -0.2) is 50.3 Å². The van der Waals surface area contributed by atoms with Crippen LogP contribution in [0.3, 0.4) is 0 Å². The van der Waals surface area contributed by atoms with E-state index in [0.717, 1.165) is 6.20 Å². The van der Waals surface area contributed by atoms with E-state index >= 15 is 0 Å². The van der Waals surface area contributed by atoms with Gasteiger partial charge in [0.1, 0.15) is 23.9 Å². The van der Waals surface area contributed by atoms with Crippen LogP contribution in [0.25, 0.3) is 5.65 Å². The number of halogens is 2. The number of ether oxygens (including phenoxy) is 1. The Morgan fingerprint density at radius 2 is 2.00 bits per heavy atom. The minimum atomic E-state index is -0.954. The van der Waals surface area contributed by atoms with E-state index in [9.17, 15) is 18.8 Å². The Labute approximate surface area is 188 Å². The highest BCUT2D eigenvalue weighted by Gasteiger charge is 2.58. The lowest BCUT2D eigenvalue weighted by Gasteiger charge is -2.38. The first-order valence-electron chi connectivity index (χ1n) is 10.9. The molecule has 0 aliphatic carbocycles. The molecule has 8 nitrogen and oxygen atoms in total. The maximum atomic E-state index is 14.9. The van der Waals surface area contributed by atoms with Crippen molar-refractivity contribution in [1.29, 1.82) is 5.26 Å². The first kappa shape index (κ1) is 20.1. The zero-order chi connectivity index (χ0) is 22.7. The maximum absolute atomic E-state index is 14.9. The molecule has 168 valence electrons. The first-order valence-corrected chi connectivity index (χ1v) is 10.9. The molecule has 2 aromatic heterocycles. The maximum Gasteiger partial charge on any atom is 0.257 e. The molecule has 1 aromatic carbocycles. The van der Waals surface area contributed by atoms with Crippen LogP contribution >= 0.6 is 0 Å². The molecule has 0 N–H and O–H groups in total. The van der Waals surface area contributed by atoms with Crippen LogP contribution in [0, 0.1) is 23.0 Å². The minimum Gasteiger partial charge on any atom is -0.356 e. The molecule has 3 aromatic rings. The minimum absolute atomic E-state index is 0.0229. The number of hydrogen-bond donors (Lipinski definition) is 0. The number of fused-ring (bicyclic) bond motifs is 2. The predicted molar refractivity (Wildman–Crippen MR) is 112 cm³/mol. The number of nitrogens with zero attached hydrogens (tertiary/aromatic N) is 6. The molecule has 33 heavy (non-hydrogen) atoms. The second kappa shape index (κ2) is 7.22. The van der Waals surface area contributed by atoms with Gasteiger partial charge in [-0.2, -0.15) is 14.9 Å². The Hall–Kier alpha value is -3.58. The quantitative estimate of drug-likeness (QED) is 0.597. The molecule has 1 spiro atoms. The Balaban J connectivity index is 1.24. The van der Waals surface area contributed by atoms with Crippen molar-refractivity contribution in [2.45, 2.75) is 43.6 Å². The second-order valence-electron chi connectivity index (χ2n) is 8.71. The number of carbonyl (C=O) groups is 1. The van der Waals surface area contributed by atoms with Gasteiger partial charge in [-0.1, -0.05) is 12.1 Å². The van der Waals surface area contributed by atoms with E-state index in [-0.39, 0.29) is 17.1 Å². The van der Waals surface area contributed by atoms with Crippen molar-refractivity contribution in [2.24, 2.45) is 0 Å². The molecule has 0 bridgehead atoms. The first-order chi connectivity index (χ1) is 16.0. The van der Waals surface area contributed by atoms with Crippen molar-refractivity contribution in [3.8, 4) is 6.07 Å². The van der Waals surface area contributed by atoms with E-state index < -0.39 is 29.5 Å². The summed E-state index contributed by atoms with van der Waals surface area (Å²) in [5.74, 6) is -0.472. The van der Waals surface area contributed by atoms with E-state index in [1.807, 2.05) is 11.0 Å². The number of aromatic nitrogens is 3. The van der Waals surface area contributed by atoms with Gasteiger partial charge >= 0.3 is 0 Å². The standard InChI is InChI=1S/C23H20F2N6O2/c24-16-13-28-31-18(6-9-27-21(16)31)29-10-7-23(8-11-29)22(32)30-17(4-5-19(30)33-23)15-3-1-2-14(12-26)20(15)25/h1-3,6,9,13,17,19H,4-5,7-8,10-11H2/t17-,19+/m0/s1. The number of rotatable bonds is 2. The fraction of sp³-hybridized carbons (Fsp3) is 0.391. The van der Waals surface area contributed by atoms with Gasteiger partial charge in [-0.15, -0.1) is 0 Å². The lowest BCUT2D eigenvalue weighted by atomic mass is 9.89. The van der Waals surface area contributed by atoms with Crippen LogP contribution in [0.2, 0.25) is 0 Å². The lowest BCUT2D eigenvalue weighted by Crippen LogP contribution is -2.50. The summed E-state index contributed by atoms with van der Waals surface area (Å²) in [5, 5.41) is 13.3. The molecule has 0 saturated carbocycles. The topological polar surface area (TPSA) is 86.8 Å². The number of anilines is 1. The summed E-state index contributed by atoms with van der Waals surface area (Å²) in [6, 6.07) is 7.92. The fourth-order valence-corrected chi connectivity index (χ4v) is 5.43. The molecule has 3 fully saturated rings. The van der Waals surface area contributed by atoms with Crippen LogP contribution < -0.4 is 4.90 Å². The number of hydrogen-bond acceptors (Lipinski definition) is 6. The smallest absolute Gasteiger partial charge is 0.257 e. The number of piperidine rings is 1. The molecule has 3 aliphatic rings. The van der Waals surface area contributed by atoms with Crippen molar-refractivity contribution in [3.05, 3.63) is 59.4 Å². The van der Waals surface area contributed by atoms with Gasteiger partial charge in [0.15, 0.2) is 17.1 Å². The summed E-state index contributed by atoms with van der Waals surface area (Å²) in [6.07, 6.45) is 4.41. The van der Waals surface area contributed by atoms with E-state index in [2.05, 4.69) is 10.1 Å². The molecule has 3 saturated heterocycles. The molecule has 6 rings (SSSR count). The molecular weight excluding hydrogens is 430 g/mol. The van der Waals surface area contributed by atoms with Gasteiger partial charge in [0.05, 0.1) is 17.8 Å². The number of nitriles is 1. The van der Waals surface area contributed by atoms with Gasteiger partial charge in [0.2, 0.25) is 0 Å². The molecule has 3 aliphatic heterocycles. The number of carbonyl (C=O) groups excluding carboxylic acids is 1. The molecule has 10 heteroatoms. The Morgan fingerprint density at radius 3 is 2.79 bits per heavy atom. The average molecular weight is 450 g/mol. The van der Waals surface area contributed by atoms with Crippen LogP contribution in [0.5, 0.6) is 0 Å². The van der Waals surface area contributed by atoms with Crippen LogP contribution in [0.15, 0.2) is 36.7 Å². The van der Waals surface area contributed by atoms with Gasteiger partial charge < -0.3 is 14.5 Å². The third-order valence-corrected chi connectivity index (χ3v) is 7.06. The lowest BCUT2D eigenvalue weighted by molar-refractivity contribution is -0.140. The summed E-state index contributed by atoms with van der Waals surface area (Å²) in [4.78, 5) is 21.3. The Bertz CT molecular complexity index is 1310. The van der Waals surface area contributed by atoms with Crippen LogP contribution in [0.1, 0.15) is 42.9 Å². The van der Waals surface area contributed by atoms with Crippen LogP contribution in [-0.2, 0) is 9.53 Å².